The SMILES string of the molecule is COC(=O)c1ccc(Sc2cccc3[nH]ccc23)cc1. The van der Waals surface area contributed by atoms with Crippen molar-refractivity contribution < 1.29 is 9.53 Å². The number of nitrogens with one attached hydrogen (secondary N) is 1. The number of methoxy groups -OCH3 is 1. The highest BCUT2D eigenvalue weighted by Gasteiger charge is 2.06. The minimum absolute atomic E-state index is 0.311. The fraction of sp³-hybridized carbons (Fsp3) is 0.0625. The lowest BCUT2D eigenvalue weighted by atomic mass is 10.2. The standard InChI is InChI=1S/C16H13NO2S/c1-19-16(18)11-5-7-12(8-6-11)20-15-4-2-3-14-13(15)9-10-17-14/h2-10,17H,1H3. The molecule has 100 valence electrons. The number of fused-ring (bicyclic) bond motifs is 1. The topological polar surface area (TPSA) is 42.1 Å². The summed E-state index contributed by atoms with van der Waals surface area (Å²) in [5.74, 6) is -0.311. The highest BCUT2D eigenvalue weighted by atomic mass is 32.2. The van der Waals surface area contributed by atoms with Crippen molar-refractivity contribution in [1.82, 2.24) is 4.98 Å². The van der Waals surface area contributed by atoms with Gasteiger partial charge in [-0.1, -0.05) is 17.8 Å². The van der Waals surface area contributed by atoms with Gasteiger partial charge in [0.15, 0.2) is 0 Å². The summed E-state index contributed by atoms with van der Waals surface area (Å²) in [6.07, 6.45) is 1.94. The van der Waals surface area contributed by atoms with Crippen LogP contribution < -0.4 is 0 Å². The fourth-order valence-electron chi connectivity index (χ4n) is 2.05. The van der Waals surface area contributed by atoms with Crippen molar-refractivity contribution in [2.45, 2.75) is 9.79 Å². The van der Waals surface area contributed by atoms with Gasteiger partial charge in [-0.05, 0) is 42.5 Å². The van der Waals surface area contributed by atoms with Crippen LogP contribution in [-0.4, -0.2) is 18.1 Å². The van der Waals surface area contributed by atoms with E-state index in [0.717, 1.165) is 10.4 Å². The average molecular weight is 283 g/mol. The first-order chi connectivity index (χ1) is 9.78. The first-order valence-electron chi connectivity index (χ1n) is 6.20. The molecule has 20 heavy (non-hydrogen) atoms. The molecule has 0 atom stereocenters. The molecule has 0 aliphatic rings. The van der Waals surface area contributed by atoms with Gasteiger partial charge in [0.25, 0.3) is 0 Å². The van der Waals surface area contributed by atoms with Gasteiger partial charge in [0.1, 0.15) is 0 Å². The number of hydrogen-bond acceptors (Lipinski definition) is 3. The van der Waals surface area contributed by atoms with Crippen LogP contribution in [0.3, 0.4) is 0 Å². The zero-order chi connectivity index (χ0) is 13.9. The quantitative estimate of drug-likeness (QED) is 0.736. The Labute approximate surface area is 121 Å². The highest BCUT2D eigenvalue weighted by molar-refractivity contribution is 7.99. The first kappa shape index (κ1) is 12.8. The summed E-state index contributed by atoms with van der Waals surface area (Å²) in [7, 11) is 1.39. The van der Waals surface area contributed by atoms with Crippen LogP contribution in [0.25, 0.3) is 10.9 Å². The second-order valence-electron chi connectivity index (χ2n) is 4.31. The largest absolute Gasteiger partial charge is 0.465 e. The van der Waals surface area contributed by atoms with E-state index in [-0.39, 0.29) is 5.97 Å². The smallest absolute Gasteiger partial charge is 0.337 e. The Morgan fingerprint density at radius 3 is 2.65 bits per heavy atom. The number of carbonyl (C=O) groups is 1. The molecular weight excluding hydrogens is 270 g/mol. The third-order valence-electron chi connectivity index (χ3n) is 3.06. The van der Waals surface area contributed by atoms with Gasteiger partial charge in [0, 0.05) is 26.9 Å². The van der Waals surface area contributed by atoms with E-state index < -0.39 is 0 Å². The Morgan fingerprint density at radius 1 is 1.10 bits per heavy atom. The lowest BCUT2D eigenvalue weighted by Gasteiger charge is -2.04. The molecular formula is C16H13NO2S. The maximum Gasteiger partial charge on any atom is 0.337 e. The highest BCUT2D eigenvalue weighted by Crippen LogP contribution is 2.33. The van der Waals surface area contributed by atoms with Crippen LogP contribution in [0.15, 0.2) is 64.5 Å². The van der Waals surface area contributed by atoms with Crippen molar-refractivity contribution in [3.8, 4) is 0 Å². The van der Waals surface area contributed by atoms with Crippen LogP contribution in [0.4, 0.5) is 0 Å². The zero-order valence-electron chi connectivity index (χ0n) is 10.9. The van der Waals surface area contributed by atoms with E-state index in [9.17, 15) is 4.79 Å². The number of rotatable bonds is 3. The Hall–Kier alpha value is -2.20. The number of benzene rings is 2. The van der Waals surface area contributed by atoms with E-state index in [4.69, 9.17) is 4.74 Å². The summed E-state index contributed by atoms with van der Waals surface area (Å²) >= 11 is 1.68. The van der Waals surface area contributed by atoms with Crippen molar-refractivity contribution in [3.05, 3.63) is 60.3 Å². The van der Waals surface area contributed by atoms with E-state index >= 15 is 0 Å². The molecule has 2 aromatic carbocycles. The summed E-state index contributed by atoms with van der Waals surface area (Å²) in [6, 6.07) is 15.7. The lowest BCUT2D eigenvalue weighted by molar-refractivity contribution is 0.0600. The number of hydrogen-bond donors (Lipinski definition) is 1. The van der Waals surface area contributed by atoms with Gasteiger partial charge in [-0.15, -0.1) is 0 Å². The zero-order valence-corrected chi connectivity index (χ0v) is 11.7. The predicted octanol–water partition coefficient (Wildman–Crippen LogP) is 4.11. The molecule has 0 unspecified atom stereocenters. The third kappa shape index (κ3) is 2.42. The number of aromatic amines is 1. The Bertz CT molecular complexity index is 747. The number of esters is 1. The molecule has 4 heteroatoms. The van der Waals surface area contributed by atoms with Crippen molar-refractivity contribution in [2.24, 2.45) is 0 Å². The summed E-state index contributed by atoms with van der Waals surface area (Å²) in [4.78, 5) is 16.9. The van der Waals surface area contributed by atoms with Crippen LogP contribution in [0.1, 0.15) is 10.4 Å². The summed E-state index contributed by atoms with van der Waals surface area (Å²) in [5.41, 5.74) is 1.69. The van der Waals surface area contributed by atoms with Crippen molar-refractivity contribution in [2.75, 3.05) is 7.11 Å². The maximum absolute atomic E-state index is 11.4. The fourth-order valence-corrected chi connectivity index (χ4v) is 3.01. The Morgan fingerprint density at radius 2 is 1.90 bits per heavy atom. The molecule has 0 bridgehead atoms. The molecule has 0 spiro atoms. The summed E-state index contributed by atoms with van der Waals surface area (Å²) in [5, 5.41) is 1.20. The molecule has 0 aliphatic heterocycles. The molecule has 3 aromatic rings. The monoisotopic (exact) mass is 283 g/mol. The van der Waals surface area contributed by atoms with Crippen molar-refractivity contribution in [1.29, 1.82) is 0 Å². The second-order valence-corrected chi connectivity index (χ2v) is 5.43. The van der Waals surface area contributed by atoms with Crippen LogP contribution in [0.2, 0.25) is 0 Å². The van der Waals surface area contributed by atoms with E-state index in [1.54, 1.807) is 23.9 Å². The third-order valence-corrected chi connectivity index (χ3v) is 4.14. The number of H-pyrrole nitrogens is 1. The minimum Gasteiger partial charge on any atom is -0.465 e. The average Bonchev–Trinajstić information content (AvgIpc) is 2.97. The van der Waals surface area contributed by atoms with Crippen LogP contribution in [0.5, 0.6) is 0 Å². The van der Waals surface area contributed by atoms with E-state index in [1.807, 2.05) is 24.4 Å². The van der Waals surface area contributed by atoms with Crippen molar-refractivity contribution in [3.63, 3.8) is 0 Å². The second kappa shape index (κ2) is 5.43. The molecule has 3 nitrogen and oxygen atoms in total. The molecule has 0 fully saturated rings. The molecule has 1 N–H and O–H groups in total. The Kier molecular flexibility index (Phi) is 3.48. The molecule has 0 saturated carbocycles. The molecule has 0 radical (unpaired) electrons. The summed E-state index contributed by atoms with van der Waals surface area (Å²) in [6.45, 7) is 0. The lowest BCUT2D eigenvalue weighted by Crippen LogP contribution is -2.00. The molecule has 1 heterocycles. The van der Waals surface area contributed by atoms with E-state index in [1.165, 1.54) is 17.4 Å². The van der Waals surface area contributed by atoms with Gasteiger partial charge in [0.05, 0.1) is 12.7 Å². The van der Waals surface area contributed by atoms with E-state index in [2.05, 4.69) is 23.2 Å². The van der Waals surface area contributed by atoms with Gasteiger partial charge in [-0.3, -0.25) is 0 Å². The molecule has 3 rings (SSSR count). The maximum atomic E-state index is 11.4. The van der Waals surface area contributed by atoms with Crippen molar-refractivity contribution >= 4 is 28.6 Å². The number of carbonyl (C=O) groups excluding carboxylic acids is 1. The summed E-state index contributed by atoms with van der Waals surface area (Å²) < 4.78 is 4.69. The number of ether oxygens (including phenoxy) is 1. The van der Waals surface area contributed by atoms with Gasteiger partial charge in [0.2, 0.25) is 0 Å². The minimum atomic E-state index is -0.311. The molecule has 0 amide bonds. The Balaban J connectivity index is 1.88. The van der Waals surface area contributed by atoms with Gasteiger partial charge in [-0.2, -0.15) is 0 Å². The predicted molar refractivity (Wildman–Crippen MR) is 80.2 cm³/mol. The van der Waals surface area contributed by atoms with E-state index in [0.29, 0.717) is 5.56 Å². The number of aromatic nitrogens is 1. The van der Waals surface area contributed by atoms with Gasteiger partial charge < -0.3 is 9.72 Å². The van der Waals surface area contributed by atoms with Gasteiger partial charge >= 0.3 is 5.97 Å². The normalized spacial score (nSPS) is 10.7. The molecule has 0 saturated heterocycles. The molecule has 1 aromatic heterocycles. The molecule has 0 aliphatic carbocycles. The first-order valence-corrected chi connectivity index (χ1v) is 7.02. The van der Waals surface area contributed by atoms with Crippen LogP contribution in [-0.2, 0) is 4.74 Å². The van der Waals surface area contributed by atoms with Crippen LogP contribution >= 0.6 is 11.8 Å². The van der Waals surface area contributed by atoms with Crippen LogP contribution in [0, 0.1) is 0 Å². The van der Waals surface area contributed by atoms with Gasteiger partial charge in [-0.25, -0.2) is 4.79 Å².